The number of halogens is 2. The molecule has 92 valence electrons. The van der Waals surface area contributed by atoms with Crippen LogP contribution in [0.4, 0.5) is 5.69 Å². The van der Waals surface area contributed by atoms with Crippen molar-refractivity contribution in [2.45, 2.75) is 25.3 Å². The van der Waals surface area contributed by atoms with Crippen molar-refractivity contribution in [3.05, 3.63) is 27.1 Å². The van der Waals surface area contributed by atoms with E-state index in [1.165, 1.54) is 0 Å². The van der Waals surface area contributed by atoms with E-state index in [4.69, 9.17) is 5.73 Å². The number of nitrogens with one attached hydrogen (secondary N) is 1. The molecule has 1 fully saturated rings. The Hall–Kier alpha value is -0.390. The van der Waals surface area contributed by atoms with Crippen molar-refractivity contribution in [1.29, 1.82) is 0 Å². The van der Waals surface area contributed by atoms with Crippen LogP contribution in [0.2, 0.25) is 0 Å². The molecular formula is C12H14Br2N2O. The summed E-state index contributed by atoms with van der Waals surface area (Å²) in [7, 11) is 0. The molecule has 3 nitrogen and oxygen atoms in total. The molecule has 1 aliphatic carbocycles. The molecular weight excluding hydrogens is 348 g/mol. The molecule has 1 amide bonds. The minimum absolute atomic E-state index is 0.000860. The molecule has 0 heterocycles. The molecule has 1 aromatic rings. The van der Waals surface area contributed by atoms with Gasteiger partial charge in [0.05, 0.1) is 11.6 Å². The zero-order valence-corrected chi connectivity index (χ0v) is 12.4. The fraction of sp³-hybridized carbons (Fsp3) is 0.417. The summed E-state index contributed by atoms with van der Waals surface area (Å²) in [5.74, 6) is -0.0327. The van der Waals surface area contributed by atoms with Crippen molar-refractivity contribution in [1.82, 2.24) is 0 Å². The van der Waals surface area contributed by atoms with Crippen LogP contribution < -0.4 is 11.1 Å². The van der Waals surface area contributed by atoms with Crippen LogP contribution in [0.15, 0.2) is 27.1 Å². The molecule has 5 heteroatoms. The molecule has 2 unspecified atom stereocenters. The van der Waals surface area contributed by atoms with Crippen LogP contribution in [0.25, 0.3) is 0 Å². The van der Waals surface area contributed by atoms with E-state index in [1.807, 2.05) is 18.2 Å². The Labute approximate surface area is 117 Å². The van der Waals surface area contributed by atoms with Gasteiger partial charge < -0.3 is 11.1 Å². The van der Waals surface area contributed by atoms with Gasteiger partial charge in [-0.15, -0.1) is 0 Å². The second kappa shape index (κ2) is 5.50. The Morgan fingerprint density at radius 1 is 1.35 bits per heavy atom. The highest BCUT2D eigenvalue weighted by Crippen LogP contribution is 2.29. The summed E-state index contributed by atoms with van der Waals surface area (Å²) in [6, 6.07) is 5.69. The maximum absolute atomic E-state index is 12.1. The van der Waals surface area contributed by atoms with E-state index in [2.05, 4.69) is 37.2 Å². The van der Waals surface area contributed by atoms with Gasteiger partial charge in [-0.05, 0) is 47.0 Å². The number of hydrogen-bond donors (Lipinski definition) is 2. The highest BCUT2D eigenvalue weighted by Gasteiger charge is 2.30. The van der Waals surface area contributed by atoms with E-state index in [0.717, 1.165) is 33.9 Å². The number of anilines is 1. The van der Waals surface area contributed by atoms with E-state index < -0.39 is 0 Å². The van der Waals surface area contributed by atoms with E-state index >= 15 is 0 Å². The predicted octanol–water partition coefficient (Wildman–Crippen LogP) is 3.28. The topological polar surface area (TPSA) is 55.1 Å². The van der Waals surface area contributed by atoms with Crippen LogP contribution in [0, 0.1) is 5.92 Å². The Morgan fingerprint density at radius 2 is 2.12 bits per heavy atom. The summed E-state index contributed by atoms with van der Waals surface area (Å²) in [6.45, 7) is 0. The Kier molecular flexibility index (Phi) is 4.22. The minimum atomic E-state index is -0.0547. The molecule has 0 spiro atoms. The molecule has 2 atom stereocenters. The van der Waals surface area contributed by atoms with Gasteiger partial charge in [-0.1, -0.05) is 22.4 Å². The van der Waals surface area contributed by atoms with Gasteiger partial charge in [0, 0.05) is 15.0 Å². The largest absolute Gasteiger partial charge is 0.327 e. The number of benzene rings is 1. The first kappa shape index (κ1) is 13.1. The zero-order valence-electron chi connectivity index (χ0n) is 9.25. The fourth-order valence-corrected chi connectivity index (χ4v) is 2.84. The smallest absolute Gasteiger partial charge is 0.229 e. The number of hydrogen-bond acceptors (Lipinski definition) is 2. The number of amides is 1. The quantitative estimate of drug-likeness (QED) is 0.849. The molecule has 0 aliphatic heterocycles. The van der Waals surface area contributed by atoms with Gasteiger partial charge >= 0.3 is 0 Å². The van der Waals surface area contributed by atoms with Crippen molar-refractivity contribution in [3.63, 3.8) is 0 Å². The number of carbonyl (C=O) groups is 1. The first-order chi connectivity index (χ1) is 8.08. The second-order valence-corrected chi connectivity index (χ2v) is 6.08. The third-order valence-electron chi connectivity index (χ3n) is 3.09. The molecule has 0 radical (unpaired) electrons. The van der Waals surface area contributed by atoms with Crippen LogP contribution in [-0.2, 0) is 4.79 Å². The SMILES string of the molecule is NC1CCCC1C(=O)Nc1cc(Br)ccc1Br. The lowest BCUT2D eigenvalue weighted by molar-refractivity contribution is -0.120. The molecule has 1 saturated carbocycles. The van der Waals surface area contributed by atoms with Crippen molar-refractivity contribution < 1.29 is 4.79 Å². The molecule has 17 heavy (non-hydrogen) atoms. The highest BCUT2D eigenvalue weighted by molar-refractivity contribution is 9.11. The summed E-state index contributed by atoms with van der Waals surface area (Å²) in [5.41, 5.74) is 6.70. The van der Waals surface area contributed by atoms with Crippen molar-refractivity contribution >= 4 is 43.5 Å². The standard InChI is InChI=1S/C12H14Br2N2O/c13-7-4-5-9(14)11(6-7)16-12(17)8-2-1-3-10(8)15/h4-6,8,10H,1-3,15H2,(H,16,17). The average Bonchev–Trinajstić information content (AvgIpc) is 2.70. The lowest BCUT2D eigenvalue weighted by atomic mass is 10.0. The van der Waals surface area contributed by atoms with Crippen molar-refractivity contribution in [3.8, 4) is 0 Å². The van der Waals surface area contributed by atoms with Crippen molar-refractivity contribution in [2.75, 3.05) is 5.32 Å². The van der Waals surface area contributed by atoms with Gasteiger partial charge in [-0.25, -0.2) is 0 Å². The van der Waals surface area contributed by atoms with Gasteiger partial charge in [-0.3, -0.25) is 4.79 Å². The second-order valence-electron chi connectivity index (χ2n) is 4.31. The number of carbonyl (C=O) groups excluding carboxylic acids is 1. The normalized spacial score (nSPS) is 23.7. The Morgan fingerprint density at radius 3 is 2.76 bits per heavy atom. The van der Waals surface area contributed by atoms with Gasteiger partial charge in [0.25, 0.3) is 0 Å². The third-order valence-corrected chi connectivity index (χ3v) is 4.28. The monoisotopic (exact) mass is 360 g/mol. The maximum atomic E-state index is 12.1. The Bertz CT molecular complexity index is 437. The summed E-state index contributed by atoms with van der Waals surface area (Å²) in [5, 5.41) is 2.93. The van der Waals surface area contributed by atoms with Crippen LogP contribution in [0.1, 0.15) is 19.3 Å². The molecule has 0 aromatic heterocycles. The van der Waals surface area contributed by atoms with Gasteiger partial charge in [0.15, 0.2) is 0 Å². The first-order valence-electron chi connectivity index (χ1n) is 5.59. The zero-order chi connectivity index (χ0) is 12.4. The van der Waals surface area contributed by atoms with E-state index in [9.17, 15) is 4.79 Å². The fourth-order valence-electron chi connectivity index (χ4n) is 2.13. The summed E-state index contributed by atoms with van der Waals surface area (Å²) in [4.78, 5) is 12.1. The maximum Gasteiger partial charge on any atom is 0.229 e. The molecule has 2 rings (SSSR count). The van der Waals surface area contributed by atoms with Gasteiger partial charge in [-0.2, -0.15) is 0 Å². The van der Waals surface area contributed by atoms with Crippen molar-refractivity contribution in [2.24, 2.45) is 11.7 Å². The first-order valence-corrected chi connectivity index (χ1v) is 7.18. The molecule has 1 aliphatic rings. The van der Waals surface area contributed by atoms with Crippen LogP contribution in [-0.4, -0.2) is 11.9 Å². The van der Waals surface area contributed by atoms with E-state index in [0.29, 0.717) is 0 Å². The van der Waals surface area contributed by atoms with Crippen LogP contribution >= 0.6 is 31.9 Å². The lowest BCUT2D eigenvalue weighted by Crippen LogP contribution is -2.34. The third kappa shape index (κ3) is 3.09. The average molecular weight is 362 g/mol. The molecule has 1 aromatic carbocycles. The number of rotatable bonds is 2. The summed E-state index contributed by atoms with van der Waals surface area (Å²) in [6.07, 6.45) is 2.87. The van der Waals surface area contributed by atoms with Gasteiger partial charge in [0.2, 0.25) is 5.91 Å². The number of nitrogens with two attached hydrogens (primary N) is 1. The van der Waals surface area contributed by atoms with Crippen LogP contribution in [0.5, 0.6) is 0 Å². The molecule has 0 saturated heterocycles. The van der Waals surface area contributed by atoms with E-state index in [-0.39, 0.29) is 17.9 Å². The molecule has 3 N–H and O–H groups in total. The Balaban J connectivity index is 2.10. The minimum Gasteiger partial charge on any atom is -0.327 e. The van der Waals surface area contributed by atoms with Gasteiger partial charge in [0.1, 0.15) is 0 Å². The predicted molar refractivity (Wildman–Crippen MR) is 75.8 cm³/mol. The summed E-state index contributed by atoms with van der Waals surface area (Å²) >= 11 is 6.80. The van der Waals surface area contributed by atoms with E-state index in [1.54, 1.807) is 0 Å². The van der Waals surface area contributed by atoms with Crippen LogP contribution in [0.3, 0.4) is 0 Å². The highest BCUT2D eigenvalue weighted by atomic mass is 79.9. The lowest BCUT2D eigenvalue weighted by Gasteiger charge is -2.16. The molecule has 0 bridgehead atoms. The summed E-state index contributed by atoms with van der Waals surface area (Å²) < 4.78 is 1.81.